The fourth-order valence-corrected chi connectivity index (χ4v) is 3.86. The van der Waals surface area contributed by atoms with Gasteiger partial charge in [0, 0.05) is 24.4 Å². The van der Waals surface area contributed by atoms with Crippen LogP contribution >= 0.6 is 47.8 Å². The summed E-state index contributed by atoms with van der Waals surface area (Å²) < 4.78 is 14.3. The van der Waals surface area contributed by atoms with E-state index in [4.69, 9.17) is 9.15 Å². The van der Waals surface area contributed by atoms with Gasteiger partial charge in [0.1, 0.15) is 17.9 Å². The number of amides is 1. The average molecular weight is 607 g/mol. The molecule has 0 aliphatic carbocycles. The SMILES string of the molecule is O=C(N/N=C/c1cc(Br)ccc1OCc1ccc(Br)cc1)c1cc2cc(Br)ccc2o1. The number of halogens is 3. The maximum Gasteiger partial charge on any atom is 0.307 e. The number of hydrogen-bond donors (Lipinski definition) is 1. The molecule has 31 heavy (non-hydrogen) atoms. The molecule has 0 atom stereocenters. The van der Waals surface area contributed by atoms with Crippen LogP contribution in [0.15, 0.2) is 89.7 Å². The lowest BCUT2D eigenvalue weighted by molar-refractivity contribution is 0.0929. The first-order chi connectivity index (χ1) is 15.0. The van der Waals surface area contributed by atoms with Crippen molar-refractivity contribution in [3.63, 3.8) is 0 Å². The minimum absolute atomic E-state index is 0.186. The number of ether oxygens (including phenoxy) is 1. The lowest BCUT2D eigenvalue weighted by Gasteiger charge is -2.10. The van der Waals surface area contributed by atoms with Gasteiger partial charge in [-0.3, -0.25) is 4.79 Å². The molecular formula is C23H15Br3N2O3. The number of fused-ring (bicyclic) bond motifs is 1. The third-order valence-corrected chi connectivity index (χ3v) is 5.87. The van der Waals surface area contributed by atoms with Crippen LogP contribution in [0.3, 0.4) is 0 Å². The minimum Gasteiger partial charge on any atom is -0.488 e. The highest BCUT2D eigenvalue weighted by Crippen LogP contribution is 2.24. The van der Waals surface area contributed by atoms with E-state index in [1.807, 2.05) is 54.6 Å². The number of nitrogens with zero attached hydrogens (tertiary/aromatic N) is 1. The standard InChI is InChI=1S/C23H15Br3N2O3/c24-17-3-1-14(2-4-17)13-30-20-7-5-19(26)10-16(20)12-27-28-23(29)22-11-15-9-18(25)6-8-21(15)31-22/h1-12H,13H2,(H,28,29)/b27-12+. The Kier molecular flexibility index (Phi) is 6.89. The summed E-state index contributed by atoms with van der Waals surface area (Å²) >= 11 is 10.3. The molecule has 0 saturated carbocycles. The summed E-state index contributed by atoms with van der Waals surface area (Å²) in [7, 11) is 0. The molecule has 0 saturated heterocycles. The smallest absolute Gasteiger partial charge is 0.307 e. The van der Waals surface area contributed by atoms with Gasteiger partial charge in [-0.2, -0.15) is 5.10 Å². The molecule has 1 amide bonds. The zero-order valence-corrected chi connectivity index (χ0v) is 20.7. The lowest BCUT2D eigenvalue weighted by atomic mass is 10.2. The largest absolute Gasteiger partial charge is 0.488 e. The van der Waals surface area contributed by atoms with E-state index in [9.17, 15) is 4.79 Å². The second kappa shape index (κ2) is 9.80. The summed E-state index contributed by atoms with van der Waals surface area (Å²) in [5.41, 5.74) is 4.89. The Hall–Kier alpha value is -2.42. The lowest BCUT2D eigenvalue weighted by Crippen LogP contribution is -2.16. The maximum atomic E-state index is 12.4. The van der Waals surface area contributed by atoms with Crippen molar-refractivity contribution in [2.24, 2.45) is 5.10 Å². The summed E-state index contributed by atoms with van der Waals surface area (Å²) in [6.07, 6.45) is 1.54. The van der Waals surface area contributed by atoms with Gasteiger partial charge >= 0.3 is 5.91 Å². The Morgan fingerprint density at radius 3 is 2.45 bits per heavy atom. The summed E-state index contributed by atoms with van der Waals surface area (Å²) in [5, 5.41) is 4.91. The molecule has 0 aliphatic heterocycles. The van der Waals surface area contributed by atoms with E-state index < -0.39 is 5.91 Å². The van der Waals surface area contributed by atoms with Crippen LogP contribution in [0.1, 0.15) is 21.7 Å². The van der Waals surface area contributed by atoms with Gasteiger partial charge in [0.25, 0.3) is 0 Å². The van der Waals surface area contributed by atoms with E-state index in [1.54, 1.807) is 18.3 Å². The molecule has 0 fully saturated rings. The molecule has 0 bridgehead atoms. The number of rotatable bonds is 6. The monoisotopic (exact) mass is 604 g/mol. The number of benzene rings is 3. The van der Waals surface area contributed by atoms with Gasteiger partial charge in [0.05, 0.1) is 6.21 Å². The molecule has 8 heteroatoms. The first kappa shape index (κ1) is 21.8. The Balaban J connectivity index is 1.45. The van der Waals surface area contributed by atoms with E-state index in [0.29, 0.717) is 17.9 Å². The molecule has 1 heterocycles. The topological polar surface area (TPSA) is 63.8 Å². The van der Waals surface area contributed by atoms with Crippen LogP contribution in [0.5, 0.6) is 5.75 Å². The van der Waals surface area contributed by atoms with Gasteiger partial charge in [0.15, 0.2) is 5.76 Å². The Morgan fingerprint density at radius 2 is 1.65 bits per heavy atom. The zero-order valence-electron chi connectivity index (χ0n) is 15.9. The van der Waals surface area contributed by atoms with Crippen LogP contribution in [0.2, 0.25) is 0 Å². The Labute approximate surface area is 203 Å². The van der Waals surface area contributed by atoms with Crippen molar-refractivity contribution < 1.29 is 13.9 Å². The first-order valence-electron chi connectivity index (χ1n) is 9.17. The highest BCUT2D eigenvalue weighted by Gasteiger charge is 2.12. The molecule has 1 N–H and O–H groups in total. The average Bonchev–Trinajstić information content (AvgIpc) is 3.17. The van der Waals surface area contributed by atoms with Crippen molar-refractivity contribution in [3.8, 4) is 5.75 Å². The molecule has 4 rings (SSSR count). The van der Waals surface area contributed by atoms with Crippen molar-refractivity contribution >= 4 is 70.9 Å². The maximum absolute atomic E-state index is 12.4. The molecule has 0 radical (unpaired) electrons. The third-order valence-electron chi connectivity index (χ3n) is 4.35. The van der Waals surface area contributed by atoms with Gasteiger partial charge < -0.3 is 9.15 Å². The predicted molar refractivity (Wildman–Crippen MR) is 132 cm³/mol. The second-order valence-electron chi connectivity index (χ2n) is 6.59. The van der Waals surface area contributed by atoms with E-state index in [2.05, 4.69) is 58.3 Å². The summed E-state index contributed by atoms with van der Waals surface area (Å²) in [4.78, 5) is 12.4. The van der Waals surface area contributed by atoms with Crippen molar-refractivity contribution in [3.05, 3.63) is 97.0 Å². The molecular weight excluding hydrogens is 592 g/mol. The fourth-order valence-electron chi connectivity index (χ4n) is 2.84. The Bertz CT molecular complexity index is 1270. The van der Waals surface area contributed by atoms with E-state index in [-0.39, 0.29) is 5.76 Å². The molecule has 5 nitrogen and oxygen atoms in total. The number of hydrogen-bond acceptors (Lipinski definition) is 4. The van der Waals surface area contributed by atoms with Crippen LogP contribution in [0.4, 0.5) is 0 Å². The van der Waals surface area contributed by atoms with Gasteiger partial charge in [0.2, 0.25) is 0 Å². The van der Waals surface area contributed by atoms with Gasteiger partial charge in [-0.1, -0.05) is 59.9 Å². The van der Waals surface area contributed by atoms with Gasteiger partial charge in [-0.05, 0) is 60.2 Å². The molecule has 0 spiro atoms. The minimum atomic E-state index is -0.434. The van der Waals surface area contributed by atoms with E-state index in [1.165, 1.54) is 0 Å². The molecule has 0 aliphatic rings. The number of furan rings is 1. The highest BCUT2D eigenvalue weighted by molar-refractivity contribution is 9.11. The number of hydrazone groups is 1. The highest BCUT2D eigenvalue weighted by atomic mass is 79.9. The molecule has 1 aromatic heterocycles. The van der Waals surface area contributed by atoms with Crippen LogP contribution in [0, 0.1) is 0 Å². The van der Waals surface area contributed by atoms with Crippen LogP contribution in [-0.2, 0) is 6.61 Å². The second-order valence-corrected chi connectivity index (χ2v) is 9.34. The third kappa shape index (κ3) is 5.64. The normalized spacial score (nSPS) is 11.2. The molecule has 0 unspecified atom stereocenters. The van der Waals surface area contributed by atoms with Crippen molar-refractivity contribution in [1.29, 1.82) is 0 Å². The van der Waals surface area contributed by atoms with Crippen molar-refractivity contribution in [1.82, 2.24) is 5.43 Å². The molecule has 156 valence electrons. The van der Waals surface area contributed by atoms with Gasteiger partial charge in [-0.25, -0.2) is 5.43 Å². The summed E-state index contributed by atoms with van der Waals surface area (Å²) in [6, 6.07) is 20.7. The van der Waals surface area contributed by atoms with Crippen molar-refractivity contribution in [2.45, 2.75) is 6.61 Å². The Morgan fingerprint density at radius 1 is 0.935 bits per heavy atom. The summed E-state index contributed by atoms with van der Waals surface area (Å²) in [6.45, 7) is 0.413. The summed E-state index contributed by atoms with van der Waals surface area (Å²) in [5.74, 6) is 0.403. The molecule has 4 aromatic rings. The van der Waals surface area contributed by atoms with Crippen LogP contribution < -0.4 is 10.2 Å². The van der Waals surface area contributed by atoms with Crippen molar-refractivity contribution in [2.75, 3.05) is 0 Å². The number of carbonyl (C=O) groups excluding carboxylic acids is 1. The van der Waals surface area contributed by atoms with Crippen LogP contribution in [-0.4, -0.2) is 12.1 Å². The first-order valence-corrected chi connectivity index (χ1v) is 11.5. The number of carbonyl (C=O) groups is 1. The van der Waals surface area contributed by atoms with E-state index in [0.717, 1.165) is 29.9 Å². The fraction of sp³-hybridized carbons (Fsp3) is 0.0435. The molecule has 3 aromatic carbocycles. The zero-order chi connectivity index (χ0) is 21.8. The van der Waals surface area contributed by atoms with Crippen LogP contribution in [0.25, 0.3) is 11.0 Å². The quantitative estimate of drug-likeness (QED) is 0.189. The number of nitrogens with one attached hydrogen (secondary N) is 1. The van der Waals surface area contributed by atoms with Gasteiger partial charge in [-0.15, -0.1) is 0 Å². The van der Waals surface area contributed by atoms with E-state index >= 15 is 0 Å². The predicted octanol–water partition coefficient (Wildman–Crippen LogP) is 7.06.